The average molecular weight is 391 g/mol. The van der Waals surface area contributed by atoms with Crippen molar-refractivity contribution in [2.75, 3.05) is 11.9 Å². The molecule has 4 aromatic rings. The van der Waals surface area contributed by atoms with E-state index in [-0.39, 0.29) is 0 Å². The molecule has 5 heteroatoms. The van der Waals surface area contributed by atoms with E-state index in [1.807, 2.05) is 49.4 Å². The molecule has 0 radical (unpaired) electrons. The summed E-state index contributed by atoms with van der Waals surface area (Å²) in [4.78, 5) is 17.1. The SMILES string of the molecule is CCOC(=O)c1cnc2c(C)c(Cl)ccc2c1Nc1cccc2ccccc12. The Hall–Kier alpha value is -3.11. The maximum absolute atomic E-state index is 12.6. The van der Waals surface area contributed by atoms with E-state index in [0.29, 0.717) is 22.9 Å². The Morgan fingerprint density at radius 3 is 2.68 bits per heavy atom. The highest BCUT2D eigenvalue weighted by Crippen LogP contribution is 2.35. The number of halogens is 1. The molecule has 140 valence electrons. The van der Waals surface area contributed by atoms with Crippen LogP contribution in [0.1, 0.15) is 22.8 Å². The Balaban J connectivity index is 1.96. The minimum absolute atomic E-state index is 0.296. The smallest absolute Gasteiger partial charge is 0.341 e. The summed E-state index contributed by atoms with van der Waals surface area (Å²) in [6.07, 6.45) is 1.55. The van der Waals surface area contributed by atoms with Crippen LogP contribution in [0.3, 0.4) is 0 Å². The number of aryl methyl sites for hydroxylation is 1. The van der Waals surface area contributed by atoms with E-state index < -0.39 is 5.97 Å². The number of nitrogens with zero attached hydrogens (tertiary/aromatic N) is 1. The van der Waals surface area contributed by atoms with Gasteiger partial charge in [-0.05, 0) is 43.0 Å². The Morgan fingerprint density at radius 1 is 1.07 bits per heavy atom. The third kappa shape index (κ3) is 3.16. The average Bonchev–Trinajstić information content (AvgIpc) is 2.71. The van der Waals surface area contributed by atoms with Gasteiger partial charge in [-0.2, -0.15) is 0 Å². The van der Waals surface area contributed by atoms with E-state index in [1.165, 1.54) is 0 Å². The Morgan fingerprint density at radius 2 is 1.86 bits per heavy atom. The molecule has 0 bridgehead atoms. The molecule has 28 heavy (non-hydrogen) atoms. The molecule has 1 heterocycles. The number of aromatic nitrogens is 1. The van der Waals surface area contributed by atoms with Crippen molar-refractivity contribution in [3.8, 4) is 0 Å². The Kier molecular flexibility index (Phi) is 4.88. The fourth-order valence-corrected chi connectivity index (χ4v) is 3.50. The number of pyridine rings is 1. The number of carbonyl (C=O) groups is 1. The first-order valence-corrected chi connectivity index (χ1v) is 9.47. The van der Waals surface area contributed by atoms with Crippen LogP contribution in [0.2, 0.25) is 5.02 Å². The predicted octanol–water partition coefficient (Wildman–Crippen LogP) is 6.27. The molecule has 0 unspecified atom stereocenters. The number of esters is 1. The van der Waals surface area contributed by atoms with Crippen molar-refractivity contribution < 1.29 is 9.53 Å². The summed E-state index contributed by atoms with van der Waals surface area (Å²) in [5.41, 5.74) is 3.59. The van der Waals surface area contributed by atoms with Crippen molar-refractivity contribution in [3.05, 3.63) is 76.9 Å². The van der Waals surface area contributed by atoms with Crippen molar-refractivity contribution in [2.24, 2.45) is 0 Å². The monoisotopic (exact) mass is 390 g/mol. The standard InChI is InChI=1S/C23H19ClN2O2/c1-3-28-23(27)18-13-25-21-14(2)19(24)12-11-17(21)22(18)26-20-10-6-8-15-7-4-5-9-16(15)20/h4-13H,3H2,1-2H3,(H,25,26). The first-order chi connectivity index (χ1) is 13.6. The van der Waals surface area contributed by atoms with Gasteiger partial charge in [-0.25, -0.2) is 4.79 Å². The second-order valence-electron chi connectivity index (χ2n) is 6.49. The molecule has 0 saturated carbocycles. The number of rotatable bonds is 4. The van der Waals surface area contributed by atoms with Crippen LogP contribution in [0, 0.1) is 6.92 Å². The molecular weight excluding hydrogens is 372 g/mol. The van der Waals surface area contributed by atoms with Gasteiger partial charge in [0.2, 0.25) is 0 Å². The van der Waals surface area contributed by atoms with Gasteiger partial charge in [-0.15, -0.1) is 0 Å². The minimum atomic E-state index is -0.410. The topological polar surface area (TPSA) is 51.2 Å². The molecule has 0 aliphatic rings. The molecule has 0 atom stereocenters. The highest BCUT2D eigenvalue weighted by Gasteiger charge is 2.19. The van der Waals surface area contributed by atoms with Crippen LogP contribution in [0.5, 0.6) is 0 Å². The minimum Gasteiger partial charge on any atom is -0.462 e. The lowest BCUT2D eigenvalue weighted by atomic mass is 10.0. The third-order valence-corrected chi connectivity index (χ3v) is 5.18. The summed E-state index contributed by atoms with van der Waals surface area (Å²) >= 11 is 6.28. The van der Waals surface area contributed by atoms with Gasteiger partial charge >= 0.3 is 5.97 Å². The maximum atomic E-state index is 12.6. The number of fused-ring (bicyclic) bond motifs is 2. The fraction of sp³-hybridized carbons (Fsp3) is 0.130. The van der Waals surface area contributed by atoms with E-state index >= 15 is 0 Å². The van der Waals surface area contributed by atoms with Gasteiger partial charge in [-0.3, -0.25) is 4.98 Å². The molecule has 0 spiro atoms. The molecule has 0 fully saturated rings. The van der Waals surface area contributed by atoms with Crippen LogP contribution in [-0.2, 0) is 4.74 Å². The second-order valence-corrected chi connectivity index (χ2v) is 6.89. The van der Waals surface area contributed by atoms with Crippen molar-refractivity contribution in [2.45, 2.75) is 13.8 Å². The summed E-state index contributed by atoms with van der Waals surface area (Å²) in [5, 5.41) is 7.10. The zero-order valence-electron chi connectivity index (χ0n) is 15.6. The Bertz CT molecular complexity index is 1200. The van der Waals surface area contributed by atoms with Crippen LogP contribution in [-0.4, -0.2) is 17.6 Å². The zero-order chi connectivity index (χ0) is 19.7. The lowest BCUT2D eigenvalue weighted by Crippen LogP contribution is -2.09. The molecule has 4 rings (SSSR count). The lowest BCUT2D eigenvalue weighted by molar-refractivity contribution is 0.0527. The van der Waals surface area contributed by atoms with Gasteiger partial charge in [0.25, 0.3) is 0 Å². The summed E-state index contributed by atoms with van der Waals surface area (Å²) in [6.45, 7) is 4.00. The number of hydrogen-bond donors (Lipinski definition) is 1. The summed E-state index contributed by atoms with van der Waals surface area (Å²) in [6, 6.07) is 17.8. The third-order valence-electron chi connectivity index (χ3n) is 4.77. The van der Waals surface area contributed by atoms with Gasteiger partial charge in [-0.1, -0.05) is 48.0 Å². The maximum Gasteiger partial charge on any atom is 0.341 e. The van der Waals surface area contributed by atoms with Gasteiger partial charge in [0, 0.05) is 27.7 Å². The number of nitrogens with one attached hydrogen (secondary N) is 1. The molecule has 1 N–H and O–H groups in total. The lowest BCUT2D eigenvalue weighted by Gasteiger charge is -2.16. The molecule has 0 saturated heterocycles. The molecule has 0 aliphatic heterocycles. The van der Waals surface area contributed by atoms with E-state index in [4.69, 9.17) is 16.3 Å². The van der Waals surface area contributed by atoms with Crippen molar-refractivity contribution in [1.29, 1.82) is 0 Å². The fourth-order valence-electron chi connectivity index (χ4n) is 3.35. The van der Waals surface area contributed by atoms with Gasteiger partial charge in [0.1, 0.15) is 5.56 Å². The van der Waals surface area contributed by atoms with Crippen molar-refractivity contribution >= 4 is 50.6 Å². The van der Waals surface area contributed by atoms with Gasteiger partial charge in [0.05, 0.1) is 17.8 Å². The number of benzene rings is 3. The second kappa shape index (κ2) is 7.49. The van der Waals surface area contributed by atoms with E-state index in [2.05, 4.69) is 22.4 Å². The number of anilines is 2. The number of ether oxygens (including phenoxy) is 1. The highest BCUT2D eigenvalue weighted by atomic mass is 35.5. The molecule has 3 aromatic carbocycles. The van der Waals surface area contributed by atoms with E-state index in [1.54, 1.807) is 13.1 Å². The first kappa shape index (κ1) is 18.3. The van der Waals surface area contributed by atoms with Crippen LogP contribution >= 0.6 is 11.6 Å². The summed E-state index contributed by atoms with van der Waals surface area (Å²) in [5.74, 6) is -0.410. The van der Waals surface area contributed by atoms with Crippen LogP contribution in [0.25, 0.3) is 21.7 Å². The van der Waals surface area contributed by atoms with Crippen LogP contribution < -0.4 is 5.32 Å². The number of hydrogen-bond acceptors (Lipinski definition) is 4. The van der Waals surface area contributed by atoms with E-state index in [0.717, 1.165) is 32.9 Å². The van der Waals surface area contributed by atoms with Crippen LogP contribution in [0.4, 0.5) is 11.4 Å². The van der Waals surface area contributed by atoms with Crippen molar-refractivity contribution in [3.63, 3.8) is 0 Å². The summed E-state index contributed by atoms with van der Waals surface area (Å²) < 4.78 is 5.25. The largest absolute Gasteiger partial charge is 0.462 e. The molecule has 4 nitrogen and oxygen atoms in total. The molecule has 0 amide bonds. The first-order valence-electron chi connectivity index (χ1n) is 9.10. The Labute approximate surface area is 168 Å². The molecule has 1 aromatic heterocycles. The van der Waals surface area contributed by atoms with Crippen LogP contribution in [0.15, 0.2) is 60.8 Å². The quantitative estimate of drug-likeness (QED) is 0.417. The normalized spacial score (nSPS) is 11.0. The number of carbonyl (C=O) groups excluding carboxylic acids is 1. The zero-order valence-corrected chi connectivity index (χ0v) is 16.4. The van der Waals surface area contributed by atoms with Crippen molar-refractivity contribution in [1.82, 2.24) is 4.98 Å². The highest BCUT2D eigenvalue weighted by molar-refractivity contribution is 6.32. The van der Waals surface area contributed by atoms with Gasteiger partial charge in [0.15, 0.2) is 0 Å². The summed E-state index contributed by atoms with van der Waals surface area (Å²) in [7, 11) is 0. The van der Waals surface area contributed by atoms with Gasteiger partial charge < -0.3 is 10.1 Å². The molecular formula is C23H19ClN2O2. The van der Waals surface area contributed by atoms with E-state index in [9.17, 15) is 4.79 Å². The predicted molar refractivity (Wildman–Crippen MR) is 115 cm³/mol. The molecule has 0 aliphatic carbocycles.